The van der Waals surface area contributed by atoms with Crippen LogP contribution in [0.3, 0.4) is 0 Å². The highest BCUT2D eigenvalue weighted by molar-refractivity contribution is 7.14. The molecule has 3 aromatic rings. The molecule has 0 saturated heterocycles. The van der Waals surface area contributed by atoms with Gasteiger partial charge >= 0.3 is 6.09 Å². The van der Waals surface area contributed by atoms with Crippen molar-refractivity contribution in [2.45, 2.75) is 6.61 Å². The van der Waals surface area contributed by atoms with Gasteiger partial charge in [0.2, 0.25) is 0 Å². The molecule has 3 rings (SSSR count). The van der Waals surface area contributed by atoms with Crippen LogP contribution in [0.5, 0.6) is 5.75 Å². The summed E-state index contributed by atoms with van der Waals surface area (Å²) >= 11 is 1.31. The van der Waals surface area contributed by atoms with E-state index in [1.807, 2.05) is 35.7 Å². The second-order valence-corrected chi connectivity index (χ2v) is 5.63. The third-order valence-electron chi connectivity index (χ3n) is 3.09. The zero-order valence-corrected chi connectivity index (χ0v) is 12.9. The van der Waals surface area contributed by atoms with Gasteiger partial charge in [0.15, 0.2) is 5.13 Å². The van der Waals surface area contributed by atoms with Gasteiger partial charge in [-0.2, -0.15) is 0 Å². The predicted octanol–water partition coefficient (Wildman–Crippen LogP) is 4.26. The average molecular weight is 326 g/mol. The molecule has 0 unspecified atom stereocenters. The van der Waals surface area contributed by atoms with Crippen molar-refractivity contribution in [1.29, 1.82) is 0 Å². The number of amides is 1. The van der Waals surface area contributed by atoms with Crippen molar-refractivity contribution in [3.63, 3.8) is 0 Å². The molecule has 0 saturated carbocycles. The van der Waals surface area contributed by atoms with Crippen molar-refractivity contribution in [2.24, 2.45) is 0 Å². The normalized spacial score (nSPS) is 10.3. The molecule has 1 aromatic heterocycles. The lowest BCUT2D eigenvalue weighted by Crippen LogP contribution is -2.13. The zero-order valence-electron chi connectivity index (χ0n) is 12.1. The van der Waals surface area contributed by atoms with Crippen LogP contribution in [0.15, 0.2) is 60.0 Å². The van der Waals surface area contributed by atoms with E-state index in [0.29, 0.717) is 5.13 Å². The van der Waals surface area contributed by atoms with Crippen LogP contribution >= 0.6 is 11.3 Å². The van der Waals surface area contributed by atoms with Crippen LogP contribution in [-0.2, 0) is 11.3 Å². The average Bonchev–Trinajstić information content (AvgIpc) is 3.03. The van der Waals surface area contributed by atoms with E-state index in [9.17, 15) is 9.90 Å². The fraction of sp³-hybridized carbons (Fsp3) is 0.0588. The monoisotopic (exact) mass is 326 g/mol. The van der Waals surface area contributed by atoms with Crippen molar-refractivity contribution >= 4 is 22.6 Å². The third-order valence-corrected chi connectivity index (χ3v) is 3.85. The first-order chi connectivity index (χ1) is 11.2. The Morgan fingerprint density at radius 1 is 1.13 bits per heavy atom. The number of phenolic OH excluding ortho intramolecular Hbond substituents is 1. The minimum atomic E-state index is -0.541. The number of carbonyl (C=O) groups excluding carboxylic acids is 1. The molecule has 0 radical (unpaired) electrons. The van der Waals surface area contributed by atoms with E-state index in [1.165, 1.54) is 11.3 Å². The first-order valence-electron chi connectivity index (χ1n) is 6.93. The number of ether oxygens (including phenoxy) is 1. The van der Waals surface area contributed by atoms with Crippen LogP contribution in [0, 0.1) is 0 Å². The minimum Gasteiger partial charge on any atom is -0.508 e. The van der Waals surface area contributed by atoms with E-state index in [-0.39, 0.29) is 12.4 Å². The van der Waals surface area contributed by atoms with Gasteiger partial charge < -0.3 is 9.84 Å². The van der Waals surface area contributed by atoms with Crippen LogP contribution < -0.4 is 5.32 Å². The highest BCUT2D eigenvalue weighted by atomic mass is 32.1. The summed E-state index contributed by atoms with van der Waals surface area (Å²) in [6, 6.07) is 16.2. The number of aromatic nitrogens is 1. The molecular formula is C17H14N2O3S. The van der Waals surface area contributed by atoms with Gasteiger partial charge in [0.05, 0.1) is 5.69 Å². The van der Waals surface area contributed by atoms with E-state index in [0.717, 1.165) is 16.8 Å². The number of thiazole rings is 1. The summed E-state index contributed by atoms with van der Waals surface area (Å²) in [6.07, 6.45) is -0.541. The number of nitrogens with one attached hydrogen (secondary N) is 1. The van der Waals surface area contributed by atoms with Crippen LogP contribution in [0.4, 0.5) is 9.93 Å². The number of phenols is 1. The fourth-order valence-corrected chi connectivity index (χ4v) is 2.65. The van der Waals surface area contributed by atoms with Crippen LogP contribution in [-0.4, -0.2) is 16.2 Å². The van der Waals surface area contributed by atoms with Gasteiger partial charge in [-0.05, 0) is 29.8 Å². The smallest absolute Gasteiger partial charge is 0.413 e. The number of carbonyl (C=O) groups is 1. The van der Waals surface area contributed by atoms with Crippen molar-refractivity contribution in [1.82, 2.24) is 4.98 Å². The Morgan fingerprint density at radius 2 is 1.87 bits per heavy atom. The Bertz CT molecular complexity index is 785. The Morgan fingerprint density at radius 3 is 2.61 bits per heavy atom. The molecule has 0 spiro atoms. The van der Waals surface area contributed by atoms with Gasteiger partial charge in [-0.15, -0.1) is 11.3 Å². The van der Waals surface area contributed by atoms with E-state index in [2.05, 4.69) is 10.3 Å². The van der Waals surface area contributed by atoms with Crippen LogP contribution in [0.2, 0.25) is 0 Å². The third kappa shape index (κ3) is 4.08. The molecule has 5 nitrogen and oxygen atoms in total. The largest absolute Gasteiger partial charge is 0.508 e. The molecule has 0 atom stereocenters. The first-order valence-corrected chi connectivity index (χ1v) is 7.81. The molecule has 23 heavy (non-hydrogen) atoms. The molecular weight excluding hydrogens is 312 g/mol. The molecule has 6 heteroatoms. The lowest BCUT2D eigenvalue weighted by atomic mass is 10.2. The second kappa shape index (κ2) is 6.93. The Hall–Kier alpha value is -2.86. The SMILES string of the molecule is O=C(Nc1nc(-c2ccc(O)cc2)cs1)OCc1ccccc1. The maximum atomic E-state index is 11.8. The maximum absolute atomic E-state index is 11.8. The summed E-state index contributed by atoms with van der Waals surface area (Å²) in [5.74, 6) is 0.201. The number of hydrogen-bond donors (Lipinski definition) is 2. The molecule has 2 aromatic carbocycles. The standard InChI is InChI=1S/C17H14N2O3S/c20-14-8-6-13(7-9-14)15-11-23-16(18-15)19-17(21)22-10-12-4-2-1-3-5-12/h1-9,11,20H,10H2,(H,18,19,21). The molecule has 116 valence electrons. The van der Waals surface area contributed by atoms with Crippen molar-refractivity contribution in [2.75, 3.05) is 5.32 Å². The lowest BCUT2D eigenvalue weighted by Gasteiger charge is -2.04. The van der Waals surface area contributed by atoms with Gasteiger partial charge in [0.1, 0.15) is 12.4 Å². The number of rotatable bonds is 4. The summed E-state index contributed by atoms with van der Waals surface area (Å²) in [5, 5.41) is 14.2. The zero-order chi connectivity index (χ0) is 16.1. The molecule has 0 aliphatic rings. The number of benzene rings is 2. The van der Waals surface area contributed by atoms with Gasteiger partial charge in [-0.1, -0.05) is 30.3 Å². The van der Waals surface area contributed by atoms with Gasteiger partial charge in [0.25, 0.3) is 0 Å². The highest BCUT2D eigenvalue weighted by Crippen LogP contribution is 2.26. The molecule has 2 N–H and O–H groups in total. The molecule has 1 heterocycles. The quantitative estimate of drug-likeness (QED) is 0.751. The molecule has 0 fully saturated rings. The van der Waals surface area contributed by atoms with E-state index in [4.69, 9.17) is 4.74 Å². The van der Waals surface area contributed by atoms with E-state index < -0.39 is 6.09 Å². The number of aromatic hydroxyl groups is 1. The fourth-order valence-electron chi connectivity index (χ4n) is 1.94. The van der Waals surface area contributed by atoms with Crippen molar-refractivity contribution < 1.29 is 14.6 Å². The maximum Gasteiger partial charge on any atom is 0.413 e. The summed E-state index contributed by atoms with van der Waals surface area (Å²) in [6.45, 7) is 0.211. The summed E-state index contributed by atoms with van der Waals surface area (Å²) < 4.78 is 5.15. The Labute approximate surface area is 137 Å². The van der Waals surface area contributed by atoms with Crippen molar-refractivity contribution in [3.05, 3.63) is 65.5 Å². The lowest BCUT2D eigenvalue weighted by molar-refractivity contribution is 0.155. The minimum absolute atomic E-state index is 0.201. The van der Waals surface area contributed by atoms with Gasteiger partial charge in [0, 0.05) is 10.9 Å². The number of nitrogens with zero attached hydrogens (tertiary/aromatic N) is 1. The number of anilines is 1. The molecule has 0 aliphatic carbocycles. The second-order valence-electron chi connectivity index (χ2n) is 4.77. The Kier molecular flexibility index (Phi) is 4.54. The summed E-state index contributed by atoms with van der Waals surface area (Å²) in [7, 11) is 0. The number of hydrogen-bond acceptors (Lipinski definition) is 5. The molecule has 0 aliphatic heterocycles. The van der Waals surface area contributed by atoms with Crippen LogP contribution in [0.1, 0.15) is 5.56 Å². The van der Waals surface area contributed by atoms with E-state index >= 15 is 0 Å². The molecule has 1 amide bonds. The van der Waals surface area contributed by atoms with Gasteiger partial charge in [-0.25, -0.2) is 9.78 Å². The first kappa shape index (κ1) is 15.1. The topological polar surface area (TPSA) is 71.5 Å². The van der Waals surface area contributed by atoms with Gasteiger partial charge in [-0.3, -0.25) is 5.32 Å². The Balaban J connectivity index is 1.58. The predicted molar refractivity (Wildman–Crippen MR) is 89.5 cm³/mol. The summed E-state index contributed by atoms with van der Waals surface area (Å²) in [5.41, 5.74) is 2.52. The summed E-state index contributed by atoms with van der Waals surface area (Å²) in [4.78, 5) is 16.1. The van der Waals surface area contributed by atoms with E-state index in [1.54, 1.807) is 24.3 Å². The highest BCUT2D eigenvalue weighted by Gasteiger charge is 2.09. The van der Waals surface area contributed by atoms with Crippen molar-refractivity contribution in [3.8, 4) is 17.0 Å². The molecule has 0 bridgehead atoms. The van der Waals surface area contributed by atoms with Crippen LogP contribution in [0.25, 0.3) is 11.3 Å².